The summed E-state index contributed by atoms with van der Waals surface area (Å²) in [6.07, 6.45) is 0.0968. The van der Waals surface area contributed by atoms with Crippen LogP contribution in [-0.2, 0) is 4.74 Å². The van der Waals surface area contributed by atoms with Crippen molar-refractivity contribution < 1.29 is 4.74 Å². The predicted octanol–water partition coefficient (Wildman–Crippen LogP) is 1.20. The summed E-state index contributed by atoms with van der Waals surface area (Å²) >= 11 is 0. The number of morpholine rings is 1. The maximum atomic E-state index is 8.57. The first-order valence-corrected chi connectivity index (χ1v) is 5.56. The van der Waals surface area contributed by atoms with Gasteiger partial charge in [-0.05, 0) is 12.1 Å². The molecule has 0 bridgehead atoms. The third-order valence-corrected chi connectivity index (χ3v) is 2.63. The van der Waals surface area contributed by atoms with Gasteiger partial charge in [0.05, 0.1) is 37.1 Å². The van der Waals surface area contributed by atoms with Crippen molar-refractivity contribution in [3.05, 3.63) is 23.9 Å². The van der Waals surface area contributed by atoms with Crippen molar-refractivity contribution >= 4 is 11.5 Å². The summed E-state index contributed by atoms with van der Waals surface area (Å²) in [5.41, 5.74) is 0.846. The molecule has 0 aliphatic carbocycles. The van der Waals surface area contributed by atoms with Crippen molar-refractivity contribution in [1.29, 1.82) is 10.7 Å². The molecule has 0 amide bonds. The standard InChI is InChI=1S/C12H14N4O/c13-5-4-10(14)11-2-1-3-12(15-11)16-6-8-17-9-7-16/h1-3,14H,4,6-9H2. The van der Waals surface area contributed by atoms with Gasteiger partial charge in [-0.15, -0.1) is 0 Å². The van der Waals surface area contributed by atoms with E-state index in [-0.39, 0.29) is 12.1 Å². The van der Waals surface area contributed by atoms with Crippen molar-refractivity contribution in [3.8, 4) is 6.07 Å². The molecule has 0 spiro atoms. The zero-order chi connectivity index (χ0) is 12.1. The molecule has 1 N–H and O–H groups in total. The number of rotatable bonds is 3. The van der Waals surface area contributed by atoms with Crippen LogP contribution in [0.15, 0.2) is 18.2 Å². The van der Waals surface area contributed by atoms with Gasteiger partial charge in [-0.3, -0.25) is 0 Å². The number of nitrogens with one attached hydrogen (secondary N) is 1. The second kappa shape index (κ2) is 5.41. The van der Waals surface area contributed by atoms with Crippen LogP contribution in [0.5, 0.6) is 0 Å². The van der Waals surface area contributed by atoms with E-state index in [9.17, 15) is 0 Å². The Kier molecular flexibility index (Phi) is 3.68. The maximum Gasteiger partial charge on any atom is 0.129 e. The molecule has 0 radical (unpaired) electrons. The van der Waals surface area contributed by atoms with E-state index in [0.29, 0.717) is 18.9 Å². The van der Waals surface area contributed by atoms with Crippen LogP contribution < -0.4 is 4.90 Å². The van der Waals surface area contributed by atoms with Crippen molar-refractivity contribution in [1.82, 2.24) is 4.98 Å². The maximum absolute atomic E-state index is 8.57. The minimum atomic E-state index is 0.0968. The van der Waals surface area contributed by atoms with Crippen LogP contribution in [0.3, 0.4) is 0 Å². The Morgan fingerprint density at radius 2 is 2.24 bits per heavy atom. The highest BCUT2D eigenvalue weighted by Gasteiger charge is 2.13. The van der Waals surface area contributed by atoms with E-state index in [2.05, 4.69) is 9.88 Å². The largest absolute Gasteiger partial charge is 0.378 e. The van der Waals surface area contributed by atoms with Gasteiger partial charge in [-0.2, -0.15) is 5.26 Å². The Morgan fingerprint density at radius 3 is 2.94 bits per heavy atom. The number of aromatic nitrogens is 1. The van der Waals surface area contributed by atoms with Gasteiger partial charge in [0.2, 0.25) is 0 Å². The number of ether oxygens (including phenoxy) is 1. The molecule has 1 aromatic heterocycles. The van der Waals surface area contributed by atoms with Gasteiger partial charge in [-0.25, -0.2) is 4.98 Å². The zero-order valence-electron chi connectivity index (χ0n) is 9.52. The Balaban J connectivity index is 2.16. The summed E-state index contributed by atoms with van der Waals surface area (Å²) in [4.78, 5) is 6.54. The first-order chi connectivity index (χ1) is 8.31. The molecular weight excluding hydrogens is 216 g/mol. The number of nitriles is 1. The average Bonchev–Trinajstić information content (AvgIpc) is 2.40. The van der Waals surface area contributed by atoms with Gasteiger partial charge in [0.15, 0.2) is 0 Å². The zero-order valence-corrected chi connectivity index (χ0v) is 9.52. The van der Waals surface area contributed by atoms with Gasteiger partial charge in [-0.1, -0.05) is 6.07 Å². The molecule has 0 unspecified atom stereocenters. The first-order valence-electron chi connectivity index (χ1n) is 5.56. The summed E-state index contributed by atoms with van der Waals surface area (Å²) in [6, 6.07) is 7.53. The third kappa shape index (κ3) is 2.80. The molecule has 88 valence electrons. The fourth-order valence-electron chi connectivity index (χ4n) is 1.73. The normalized spacial score (nSPS) is 15.4. The van der Waals surface area contributed by atoms with E-state index in [4.69, 9.17) is 15.4 Å². The lowest BCUT2D eigenvalue weighted by Crippen LogP contribution is -2.36. The SMILES string of the molecule is N#CCC(=N)c1cccc(N2CCOCC2)n1. The van der Waals surface area contributed by atoms with E-state index >= 15 is 0 Å². The lowest BCUT2D eigenvalue weighted by Gasteiger charge is -2.28. The molecule has 2 heterocycles. The number of hydrogen-bond acceptors (Lipinski definition) is 5. The molecule has 5 heteroatoms. The highest BCUT2D eigenvalue weighted by Crippen LogP contribution is 2.13. The van der Waals surface area contributed by atoms with Crippen LogP contribution >= 0.6 is 0 Å². The van der Waals surface area contributed by atoms with Crippen molar-refractivity contribution in [2.24, 2.45) is 0 Å². The second-order valence-corrected chi connectivity index (χ2v) is 3.79. The minimum Gasteiger partial charge on any atom is -0.378 e. The summed E-state index contributed by atoms with van der Waals surface area (Å²) in [5, 5.41) is 16.3. The van der Waals surface area contributed by atoms with E-state index in [1.165, 1.54) is 0 Å². The number of nitrogens with zero attached hydrogens (tertiary/aromatic N) is 3. The first kappa shape index (κ1) is 11.6. The lowest BCUT2D eigenvalue weighted by molar-refractivity contribution is 0.122. The minimum absolute atomic E-state index is 0.0968. The fraction of sp³-hybridized carbons (Fsp3) is 0.417. The molecule has 1 fully saturated rings. The highest BCUT2D eigenvalue weighted by atomic mass is 16.5. The Hall–Kier alpha value is -1.93. The van der Waals surface area contributed by atoms with Gasteiger partial charge in [0.25, 0.3) is 0 Å². The molecule has 1 aromatic rings. The van der Waals surface area contributed by atoms with E-state index in [0.717, 1.165) is 18.9 Å². The van der Waals surface area contributed by atoms with E-state index < -0.39 is 0 Å². The van der Waals surface area contributed by atoms with Crippen LogP contribution in [-0.4, -0.2) is 37.0 Å². The molecule has 0 atom stereocenters. The van der Waals surface area contributed by atoms with Gasteiger partial charge >= 0.3 is 0 Å². The van der Waals surface area contributed by atoms with E-state index in [1.54, 1.807) is 6.07 Å². The number of hydrogen-bond donors (Lipinski definition) is 1. The molecular formula is C12H14N4O. The molecule has 17 heavy (non-hydrogen) atoms. The summed E-state index contributed by atoms with van der Waals surface area (Å²) in [6.45, 7) is 3.06. The summed E-state index contributed by atoms with van der Waals surface area (Å²) in [7, 11) is 0. The van der Waals surface area contributed by atoms with Crippen LogP contribution in [0.4, 0.5) is 5.82 Å². The number of anilines is 1. The van der Waals surface area contributed by atoms with Gasteiger partial charge < -0.3 is 15.0 Å². The van der Waals surface area contributed by atoms with Crippen LogP contribution in [0.25, 0.3) is 0 Å². The Labute approximate surface area is 100 Å². The van der Waals surface area contributed by atoms with E-state index in [1.807, 2.05) is 18.2 Å². The Morgan fingerprint density at radius 1 is 1.47 bits per heavy atom. The van der Waals surface area contributed by atoms with Crippen molar-refractivity contribution in [2.75, 3.05) is 31.2 Å². The fourth-order valence-corrected chi connectivity index (χ4v) is 1.73. The molecule has 1 aliphatic rings. The predicted molar refractivity (Wildman–Crippen MR) is 64.3 cm³/mol. The van der Waals surface area contributed by atoms with Gasteiger partial charge in [0, 0.05) is 13.1 Å². The lowest BCUT2D eigenvalue weighted by atomic mass is 10.2. The molecule has 0 saturated carbocycles. The third-order valence-electron chi connectivity index (χ3n) is 2.63. The molecule has 0 aromatic carbocycles. The smallest absolute Gasteiger partial charge is 0.129 e. The molecule has 1 aliphatic heterocycles. The topological polar surface area (TPSA) is 73.0 Å². The van der Waals surface area contributed by atoms with Crippen molar-refractivity contribution in [3.63, 3.8) is 0 Å². The van der Waals surface area contributed by atoms with Crippen LogP contribution in [0.2, 0.25) is 0 Å². The molecule has 2 rings (SSSR count). The van der Waals surface area contributed by atoms with Crippen molar-refractivity contribution in [2.45, 2.75) is 6.42 Å². The van der Waals surface area contributed by atoms with Gasteiger partial charge in [0.1, 0.15) is 5.82 Å². The summed E-state index contributed by atoms with van der Waals surface area (Å²) < 4.78 is 5.28. The Bertz CT molecular complexity index is 446. The van der Waals surface area contributed by atoms with Crippen LogP contribution in [0, 0.1) is 16.7 Å². The quantitative estimate of drug-likeness (QED) is 0.792. The second-order valence-electron chi connectivity index (χ2n) is 3.79. The monoisotopic (exact) mass is 230 g/mol. The summed E-state index contributed by atoms with van der Waals surface area (Å²) in [5.74, 6) is 0.855. The molecule has 5 nitrogen and oxygen atoms in total. The molecule has 1 saturated heterocycles. The number of pyridine rings is 1. The van der Waals surface area contributed by atoms with Crippen LogP contribution in [0.1, 0.15) is 12.1 Å². The highest BCUT2D eigenvalue weighted by molar-refractivity contribution is 5.98. The average molecular weight is 230 g/mol.